The number of ether oxygens (including phenoxy) is 1. The van der Waals surface area contributed by atoms with E-state index in [0.717, 1.165) is 12.1 Å². The topological polar surface area (TPSA) is 111 Å². The molecule has 1 aromatic rings. The predicted molar refractivity (Wildman–Crippen MR) is 68.3 cm³/mol. The lowest BCUT2D eigenvalue weighted by atomic mass is 10.2. The van der Waals surface area contributed by atoms with Crippen LogP contribution in [0.3, 0.4) is 0 Å². The Hall–Kier alpha value is -2.64. The molecular formula is C12H14FN3O4. The normalized spacial score (nSPS) is 11.3. The molecule has 0 fully saturated rings. The van der Waals surface area contributed by atoms with Gasteiger partial charge in [-0.25, -0.2) is 14.0 Å². The summed E-state index contributed by atoms with van der Waals surface area (Å²) < 4.78 is 18.2. The number of carbonyl (C=O) groups is 3. The Morgan fingerprint density at radius 2 is 2.00 bits per heavy atom. The second kappa shape index (κ2) is 6.50. The summed E-state index contributed by atoms with van der Waals surface area (Å²) in [5.74, 6) is -2.69. The molecule has 0 aliphatic heterocycles. The summed E-state index contributed by atoms with van der Waals surface area (Å²) >= 11 is 0. The van der Waals surface area contributed by atoms with Crippen molar-refractivity contribution in [2.75, 3.05) is 12.8 Å². The minimum Gasteiger partial charge on any atom is -0.449 e. The molecule has 1 aromatic carbocycles. The first-order valence-electron chi connectivity index (χ1n) is 5.63. The zero-order chi connectivity index (χ0) is 15.3. The maximum Gasteiger partial charge on any atom is 0.341 e. The summed E-state index contributed by atoms with van der Waals surface area (Å²) in [6.07, 6.45) is -1.26. The second-order valence-corrected chi connectivity index (χ2v) is 3.86. The highest BCUT2D eigenvalue weighted by Gasteiger charge is 2.22. The first kappa shape index (κ1) is 15.4. The number of halogens is 1. The summed E-state index contributed by atoms with van der Waals surface area (Å²) in [6.45, 7) is 1.25. The molecule has 0 aliphatic rings. The van der Waals surface area contributed by atoms with E-state index in [1.807, 2.05) is 5.32 Å². The van der Waals surface area contributed by atoms with Crippen LogP contribution in [0.5, 0.6) is 0 Å². The van der Waals surface area contributed by atoms with Crippen LogP contribution in [-0.4, -0.2) is 31.1 Å². The van der Waals surface area contributed by atoms with Crippen molar-refractivity contribution in [1.29, 1.82) is 0 Å². The van der Waals surface area contributed by atoms with Crippen LogP contribution >= 0.6 is 0 Å². The van der Waals surface area contributed by atoms with Crippen molar-refractivity contribution in [3.63, 3.8) is 0 Å². The van der Waals surface area contributed by atoms with E-state index in [2.05, 4.69) is 5.32 Å². The van der Waals surface area contributed by atoms with Crippen molar-refractivity contribution in [3.8, 4) is 0 Å². The number of amides is 3. The van der Waals surface area contributed by atoms with Crippen LogP contribution in [-0.2, 0) is 9.53 Å². The number of hydrogen-bond donors (Lipinski definition) is 3. The van der Waals surface area contributed by atoms with Gasteiger partial charge in [-0.1, -0.05) is 0 Å². The van der Waals surface area contributed by atoms with Gasteiger partial charge in [-0.2, -0.15) is 0 Å². The number of esters is 1. The number of nitrogens with one attached hydrogen (secondary N) is 2. The van der Waals surface area contributed by atoms with Crippen molar-refractivity contribution in [3.05, 3.63) is 29.6 Å². The zero-order valence-electron chi connectivity index (χ0n) is 10.9. The third-order valence-electron chi connectivity index (χ3n) is 2.33. The Morgan fingerprint density at radius 3 is 2.60 bits per heavy atom. The standard InChI is InChI=1S/C12H14FN3O4/c1-6(10(17)16-12(19)15-2)20-11(18)8-5-7(14)3-4-9(8)13/h3-6H,14H2,1-2H3,(H2,15,16,17,19). The Labute approximate surface area is 114 Å². The molecule has 1 unspecified atom stereocenters. The summed E-state index contributed by atoms with van der Waals surface area (Å²) in [4.78, 5) is 34.1. The number of benzene rings is 1. The van der Waals surface area contributed by atoms with Gasteiger partial charge in [0.15, 0.2) is 6.10 Å². The molecule has 1 atom stereocenters. The number of imide groups is 1. The van der Waals surface area contributed by atoms with Gasteiger partial charge in [0.2, 0.25) is 0 Å². The lowest BCUT2D eigenvalue weighted by Gasteiger charge is -2.13. The molecule has 4 N–H and O–H groups in total. The molecule has 0 spiro atoms. The van der Waals surface area contributed by atoms with Crippen LogP contribution < -0.4 is 16.4 Å². The number of urea groups is 1. The molecule has 1 rings (SSSR count). The molecule has 7 nitrogen and oxygen atoms in total. The maximum absolute atomic E-state index is 13.4. The molecule has 8 heteroatoms. The highest BCUT2D eigenvalue weighted by Crippen LogP contribution is 2.14. The molecular weight excluding hydrogens is 269 g/mol. The number of nitrogen functional groups attached to an aromatic ring is 1. The van der Waals surface area contributed by atoms with E-state index >= 15 is 0 Å². The highest BCUT2D eigenvalue weighted by molar-refractivity contribution is 5.98. The summed E-state index contributed by atoms with van der Waals surface area (Å²) in [6, 6.07) is 2.66. The molecule has 0 bridgehead atoms. The van der Waals surface area contributed by atoms with E-state index < -0.39 is 29.8 Å². The SMILES string of the molecule is CNC(=O)NC(=O)C(C)OC(=O)c1cc(N)ccc1F. The third kappa shape index (κ3) is 3.94. The summed E-state index contributed by atoms with van der Waals surface area (Å²) in [5.41, 5.74) is 5.23. The lowest BCUT2D eigenvalue weighted by Crippen LogP contribution is -2.43. The Bertz CT molecular complexity index is 548. The number of carbonyl (C=O) groups excluding carboxylic acids is 3. The fourth-order valence-corrected chi connectivity index (χ4v) is 1.25. The lowest BCUT2D eigenvalue weighted by molar-refractivity contribution is -0.127. The Morgan fingerprint density at radius 1 is 1.35 bits per heavy atom. The fraction of sp³-hybridized carbons (Fsp3) is 0.250. The van der Waals surface area contributed by atoms with Gasteiger partial charge in [-0.3, -0.25) is 10.1 Å². The van der Waals surface area contributed by atoms with Gasteiger partial charge in [0.1, 0.15) is 5.82 Å². The average molecular weight is 283 g/mol. The Kier molecular flexibility index (Phi) is 5.01. The van der Waals surface area contributed by atoms with Gasteiger partial charge in [-0.05, 0) is 25.1 Å². The summed E-state index contributed by atoms with van der Waals surface area (Å²) in [7, 11) is 1.32. The molecule has 20 heavy (non-hydrogen) atoms. The molecule has 0 saturated heterocycles. The van der Waals surface area contributed by atoms with Gasteiger partial charge in [-0.15, -0.1) is 0 Å². The van der Waals surface area contributed by atoms with Gasteiger partial charge < -0.3 is 15.8 Å². The van der Waals surface area contributed by atoms with Gasteiger partial charge in [0.25, 0.3) is 5.91 Å². The van der Waals surface area contributed by atoms with Gasteiger partial charge in [0, 0.05) is 12.7 Å². The van der Waals surface area contributed by atoms with Gasteiger partial charge >= 0.3 is 12.0 Å². The van der Waals surface area contributed by atoms with Crippen LogP contribution in [0.4, 0.5) is 14.9 Å². The van der Waals surface area contributed by atoms with E-state index in [9.17, 15) is 18.8 Å². The summed E-state index contributed by atoms with van der Waals surface area (Å²) in [5, 5.41) is 4.09. The van der Waals surface area contributed by atoms with Crippen LogP contribution in [0.15, 0.2) is 18.2 Å². The molecule has 0 saturated carbocycles. The van der Waals surface area contributed by atoms with Crippen molar-refractivity contribution in [1.82, 2.24) is 10.6 Å². The first-order chi connectivity index (χ1) is 9.35. The third-order valence-corrected chi connectivity index (χ3v) is 2.33. The van der Waals surface area contributed by atoms with Crippen LogP contribution in [0.2, 0.25) is 0 Å². The van der Waals surface area contributed by atoms with E-state index in [4.69, 9.17) is 10.5 Å². The first-order valence-corrected chi connectivity index (χ1v) is 5.63. The second-order valence-electron chi connectivity index (χ2n) is 3.86. The van der Waals surface area contributed by atoms with Crippen molar-refractivity contribution < 1.29 is 23.5 Å². The highest BCUT2D eigenvalue weighted by atomic mass is 19.1. The van der Waals surface area contributed by atoms with Crippen molar-refractivity contribution in [2.24, 2.45) is 0 Å². The largest absolute Gasteiger partial charge is 0.449 e. The minimum absolute atomic E-state index is 0.181. The quantitative estimate of drug-likeness (QED) is 0.549. The average Bonchev–Trinajstić information content (AvgIpc) is 2.40. The number of rotatable bonds is 3. The molecule has 108 valence electrons. The molecule has 0 aliphatic carbocycles. The van der Waals surface area contributed by atoms with Crippen LogP contribution in [0, 0.1) is 5.82 Å². The van der Waals surface area contributed by atoms with E-state index in [0.29, 0.717) is 0 Å². The maximum atomic E-state index is 13.4. The number of anilines is 1. The zero-order valence-corrected chi connectivity index (χ0v) is 10.9. The van der Waals surface area contributed by atoms with E-state index in [1.165, 1.54) is 20.0 Å². The predicted octanol–water partition coefficient (Wildman–Crippen LogP) is 0.409. The van der Waals surface area contributed by atoms with E-state index in [-0.39, 0.29) is 11.3 Å². The van der Waals surface area contributed by atoms with Crippen molar-refractivity contribution in [2.45, 2.75) is 13.0 Å². The van der Waals surface area contributed by atoms with Crippen LogP contribution in [0.25, 0.3) is 0 Å². The molecule has 0 heterocycles. The van der Waals surface area contributed by atoms with Crippen LogP contribution in [0.1, 0.15) is 17.3 Å². The van der Waals surface area contributed by atoms with Gasteiger partial charge in [0.05, 0.1) is 5.56 Å². The minimum atomic E-state index is -1.26. The number of hydrogen-bond acceptors (Lipinski definition) is 5. The van der Waals surface area contributed by atoms with E-state index in [1.54, 1.807) is 0 Å². The molecule has 0 radical (unpaired) electrons. The molecule has 0 aromatic heterocycles. The smallest absolute Gasteiger partial charge is 0.341 e. The van der Waals surface area contributed by atoms with Crippen molar-refractivity contribution >= 4 is 23.6 Å². The molecule has 3 amide bonds. The fourth-order valence-electron chi connectivity index (χ4n) is 1.25. The Balaban J connectivity index is 2.72. The number of nitrogens with two attached hydrogens (primary N) is 1. The monoisotopic (exact) mass is 283 g/mol.